The van der Waals surface area contributed by atoms with Crippen molar-refractivity contribution < 1.29 is 0 Å². The molecule has 5 atom stereocenters. The smallest absolute Gasteiger partial charge is 0.164 e. The molecule has 2 heterocycles. The van der Waals surface area contributed by atoms with Crippen molar-refractivity contribution in [1.82, 2.24) is 19.9 Å². The quantitative estimate of drug-likeness (QED) is 0.179. The molecule has 50 heavy (non-hydrogen) atoms. The van der Waals surface area contributed by atoms with Crippen molar-refractivity contribution in [2.75, 3.05) is 0 Å². The molecule has 6 nitrogen and oxygen atoms in total. The lowest BCUT2D eigenvalue weighted by atomic mass is 9.39. The number of pyridine rings is 1. The molecule has 0 radical (unpaired) electrons. The Kier molecular flexibility index (Phi) is 7.14. The van der Waals surface area contributed by atoms with Gasteiger partial charge in [0.2, 0.25) is 0 Å². The Bertz CT molecular complexity index is 2310. The van der Waals surface area contributed by atoms with E-state index in [0.717, 1.165) is 57.1 Å². The van der Waals surface area contributed by atoms with Gasteiger partial charge in [0.05, 0.1) is 17.2 Å². The van der Waals surface area contributed by atoms with Gasteiger partial charge in [0.1, 0.15) is 6.07 Å². The summed E-state index contributed by atoms with van der Waals surface area (Å²) in [5.74, 6) is 5.58. The van der Waals surface area contributed by atoms with Crippen molar-refractivity contribution in [3.8, 4) is 68.6 Å². The highest BCUT2D eigenvalue weighted by Gasteiger charge is 2.59. The van der Waals surface area contributed by atoms with Gasteiger partial charge in [-0.1, -0.05) is 73.7 Å². The van der Waals surface area contributed by atoms with Crippen LogP contribution in [0.1, 0.15) is 49.3 Å². The summed E-state index contributed by atoms with van der Waals surface area (Å²) in [7, 11) is 0. The third kappa shape index (κ3) is 5.16. The fraction of sp³-hybridized carbons (Fsp3) is 0.227. The summed E-state index contributed by atoms with van der Waals surface area (Å²) < 4.78 is 0. The largest absolute Gasteiger partial charge is 0.263 e. The molecule has 0 aliphatic heterocycles. The first kappa shape index (κ1) is 30.1. The van der Waals surface area contributed by atoms with Crippen LogP contribution in [-0.4, -0.2) is 19.9 Å². The second-order valence-electron chi connectivity index (χ2n) is 14.6. The van der Waals surface area contributed by atoms with Gasteiger partial charge in [-0.3, -0.25) is 4.98 Å². The average molecular weight is 647 g/mol. The molecule has 0 N–H and O–H groups in total. The first-order valence-electron chi connectivity index (χ1n) is 17.4. The lowest BCUT2D eigenvalue weighted by molar-refractivity contribution is -0.141. The molecule has 3 saturated carbocycles. The highest BCUT2D eigenvalue weighted by molar-refractivity contribution is 5.75. The number of nitriles is 2. The molecule has 2 aromatic heterocycles. The van der Waals surface area contributed by atoms with Gasteiger partial charge in [0.25, 0.3) is 0 Å². The van der Waals surface area contributed by atoms with Gasteiger partial charge >= 0.3 is 0 Å². The second kappa shape index (κ2) is 11.9. The van der Waals surface area contributed by atoms with E-state index in [9.17, 15) is 10.5 Å². The maximum Gasteiger partial charge on any atom is 0.164 e. The lowest BCUT2D eigenvalue weighted by Crippen LogP contribution is -2.58. The van der Waals surface area contributed by atoms with Gasteiger partial charge in [0, 0.05) is 34.6 Å². The maximum absolute atomic E-state index is 9.59. The molecule has 0 saturated heterocycles. The maximum atomic E-state index is 9.59. The number of aromatic nitrogens is 4. The topological polar surface area (TPSA) is 99.1 Å². The van der Waals surface area contributed by atoms with Gasteiger partial charge in [-0.15, -0.1) is 0 Å². The van der Waals surface area contributed by atoms with Crippen LogP contribution in [-0.2, 0) is 5.41 Å². The summed E-state index contributed by atoms with van der Waals surface area (Å²) in [5, 5.41) is 18.9. The van der Waals surface area contributed by atoms with Gasteiger partial charge in [-0.2, -0.15) is 10.5 Å². The normalized spacial score (nSPS) is 23.0. The Morgan fingerprint density at radius 1 is 0.600 bits per heavy atom. The first-order chi connectivity index (χ1) is 24.5. The molecule has 6 aromatic rings. The Morgan fingerprint density at radius 2 is 1.18 bits per heavy atom. The summed E-state index contributed by atoms with van der Waals surface area (Å²) >= 11 is 0. The molecular weight excluding hydrogens is 613 g/mol. The monoisotopic (exact) mass is 646 g/mol. The Morgan fingerprint density at radius 3 is 1.80 bits per heavy atom. The lowest BCUT2D eigenvalue weighted by Gasteiger charge is -2.65. The number of benzene rings is 4. The van der Waals surface area contributed by atoms with E-state index in [1.54, 1.807) is 24.5 Å². The average Bonchev–Trinajstić information content (AvgIpc) is 3.16. The summed E-state index contributed by atoms with van der Waals surface area (Å²) in [4.78, 5) is 18.9. The number of rotatable bonds is 6. The highest BCUT2D eigenvalue weighted by Crippen LogP contribution is 2.67. The zero-order chi connectivity index (χ0) is 33.8. The van der Waals surface area contributed by atoms with Crippen LogP contribution >= 0.6 is 0 Å². The van der Waals surface area contributed by atoms with Crippen molar-refractivity contribution in [3.63, 3.8) is 0 Å². The van der Waals surface area contributed by atoms with E-state index in [0.29, 0.717) is 28.6 Å². The molecule has 3 aliphatic carbocycles. The van der Waals surface area contributed by atoms with Crippen molar-refractivity contribution in [1.29, 1.82) is 10.5 Å². The zero-order valence-electron chi connectivity index (χ0n) is 27.8. The molecule has 3 unspecified atom stereocenters. The summed E-state index contributed by atoms with van der Waals surface area (Å²) in [6.07, 6.45) is 8.83. The van der Waals surface area contributed by atoms with Gasteiger partial charge < -0.3 is 0 Å². The second-order valence-corrected chi connectivity index (χ2v) is 14.6. The van der Waals surface area contributed by atoms with Crippen LogP contribution in [0.4, 0.5) is 0 Å². The minimum absolute atomic E-state index is 0.273. The van der Waals surface area contributed by atoms with E-state index in [1.807, 2.05) is 48.5 Å². The third-order valence-electron chi connectivity index (χ3n) is 11.6. The predicted octanol–water partition coefficient (Wildman–Crippen LogP) is 9.67. The van der Waals surface area contributed by atoms with Crippen molar-refractivity contribution in [2.24, 2.45) is 23.7 Å². The van der Waals surface area contributed by atoms with Crippen LogP contribution in [0.3, 0.4) is 0 Å². The van der Waals surface area contributed by atoms with Crippen LogP contribution in [0.2, 0.25) is 0 Å². The molecule has 6 heteroatoms. The fourth-order valence-corrected chi connectivity index (χ4v) is 9.07. The number of nitrogens with zero attached hydrogens (tertiary/aromatic N) is 6. The first-order valence-corrected chi connectivity index (χ1v) is 17.4. The molecule has 0 bridgehead atoms. The van der Waals surface area contributed by atoms with E-state index in [1.165, 1.54) is 36.8 Å². The zero-order valence-corrected chi connectivity index (χ0v) is 27.8. The van der Waals surface area contributed by atoms with E-state index < -0.39 is 0 Å². The van der Waals surface area contributed by atoms with Crippen LogP contribution in [0, 0.1) is 46.3 Å². The predicted molar refractivity (Wildman–Crippen MR) is 194 cm³/mol. The SMILES string of the molecule is CC1(c2ccc(-c3cccc(-c4nc(-c5ccc(C#N)cc5)nc(-c5ccc(-c6ccncc6C#N)cc5)n4)c3)cc2)C[C@H]2CC3C[C@@H](C1)C32. The van der Waals surface area contributed by atoms with Crippen LogP contribution in [0.5, 0.6) is 0 Å². The van der Waals surface area contributed by atoms with E-state index >= 15 is 0 Å². The minimum atomic E-state index is 0.273. The summed E-state index contributed by atoms with van der Waals surface area (Å²) in [5.41, 5.74) is 9.38. The molecule has 3 fully saturated rings. The van der Waals surface area contributed by atoms with E-state index in [2.05, 4.69) is 66.5 Å². The van der Waals surface area contributed by atoms with Gasteiger partial charge in [-0.25, -0.2) is 15.0 Å². The number of hydrogen-bond donors (Lipinski definition) is 0. The van der Waals surface area contributed by atoms with Crippen LogP contribution < -0.4 is 0 Å². The van der Waals surface area contributed by atoms with Crippen molar-refractivity contribution >= 4 is 0 Å². The van der Waals surface area contributed by atoms with Crippen molar-refractivity contribution in [2.45, 2.75) is 38.0 Å². The Hall–Kier alpha value is -5.98. The van der Waals surface area contributed by atoms with Crippen LogP contribution in [0.25, 0.3) is 56.4 Å². The number of hydrogen-bond acceptors (Lipinski definition) is 6. The molecule has 240 valence electrons. The van der Waals surface area contributed by atoms with Gasteiger partial charge in [0.15, 0.2) is 17.5 Å². The van der Waals surface area contributed by atoms with Crippen molar-refractivity contribution in [3.05, 3.63) is 132 Å². The molecular formula is C44H34N6. The Labute approximate surface area is 292 Å². The fourth-order valence-electron chi connectivity index (χ4n) is 9.07. The molecule has 0 amide bonds. The van der Waals surface area contributed by atoms with Gasteiger partial charge in [-0.05, 0) is 113 Å². The minimum Gasteiger partial charge on any atom is -0.263 e. The summed E-state index contributed by atoms with van der Waals surface area (Å²) in [6.45, 7) is 2.49. The third-order valence-corrected chi connectivity index (χ3v) is 11.6. The standard InChI is InChI=1S/C44H34N6/c1-44(22-35-20-34-21-36(23-44)40(34)35)38-15-13-28(14-16-38)32-3-2-4-33(19-32)43-49-41(30-7-5-27(24-45)6-8-30)48-42(50-43)31-11-9-29(10-12-31)39-17-18-47-26-37(39)25-46/h2-19,26,34-36,40H,20-23H2,1H3/t34?,35-,36+,40?,44?. The molecule has 9 rings (SSSR count). The molecule has 0 spiro atoms. The van der Waals surface area contributed by atoms with Crippen LogP contribution in [0.15, 0.2) is 116 Å². The highest BCUT2D eigenvalue weighted by atomic mass is 15.0. The summed E-state index contributed by atoms with van der Waals surface area (Å²) in [6, 6.07) is 39.1. The van der Waals surface area contributed by atoms with E-state index in [4.69, 9.17) is 15.0 Å². The Balaban J connectivity index is 1.06. The van der Waals surface area contributed by atoms with E-state index in [-0.39, 0.29) is 5.41 Å². The molecule has 4 aromatic carbocycles. The molecule has 3 aliphatic rings.